The Bertz CT molecular complexity index is 942. The van der Waals surface area contributed by atoms with Crippen LogP contribution in [0, 0.1) is 6.92 Å². The first-order valence-corrected chi connectivity index (χ1v) is 8.89. The van der Waals surface area contributed by atoms with Crippen molar-refractivity contribution in [1.82, 2.24) is 19.7 Å². The Morgan fingerprint density at radius 2 is 1.73 bits per heavy atom. The lowest BCUT2D eigenvalue weighted by molar-refractivity contribution is 0.101. The van der Waals surface area contributed by atoms with Gasteiger partial charge in [0.1, 0.15) is 5.82 Å². The summed E-state index contributed by atoms with van der Waals surface area (Å²) in [6.07, 6.45) is 3.96. The van der Waals surface area contributed by atoms with Crippen molar-refractivity contribution in [3.63, 3.8) is 0 Å². The van der Waals surface area contributed by atoms with Crippen molar-refractivity contribution in [1.29, 1.82) is 0 Å². The molecule has 6 nitrogen and oxygen atoms in total. The van der Waals surface area contributed by atoms with E-state index >= 15 is 0 Å². The number of rotatable bonds is 4. The lowest BCUT2D eigenvalue weighted by Crippen LogP contribution is -2.20. The first-order valence-electron chi connectivity index (χ1n) is 8.89. The van der Waals surface area contributed by atoms with Crippen molar-refractivity contribution in [2.45, 2.75) is 26.7 Å². The first kappa shape index (κ1) is 16.4. The molecule has 1 aliphatic rings. The minimum absolute atomic E-state index is 0.00542. The summed E-state index contributed by atoms with van der Waals surface area (Å²) in [7, 11) is 0. The summed E-state index contributed by atoms with van der Waals surface area (Å²) in [5.74, 6) is 2.27. The van der Waals surface area contributed by atoms with Gasteiger partial charge in [-0.3, -0.25) is 4.79 Å². The number of anilines is 1. The fraction of sp³-hybridized carbons (Fsp3) is 0.300. The highest BCUT2D eigenvalue weighted by molar-refractivity contribution is 5.95. The van der Waals surface area contributed by atoms with Crippen LogP contribution in [0.1, 0.15) is 35.8 Å². The molecule has 26 heavy (non-hydrogen) atoms. The summed E-state index contributed by atoms with van der Waals surface area (Å²) < 4.78 is 1.73. The molecule has 2 aromatic heterocycles. The number of hydrogen-bond acceptors (Lipinski definition) is 5. The van der Waals surface area contributed by atoms with E-state index in [1.807, 2.05) is 43.3 Å². The molecular formula is C20H21N5O. The van der Waals surface area contributed by atoms with E-state index in [1.165, 1.54) is 12.8 Å². The Hall–Kier alpha value is -3.02. The molecule has 3 aromatic rings. The van der Waals surface area contributed by atoms with Crippen LogP contribution in [0.15, 0.2) is 42.6 Å². The topological polar surface area (TPSA) is 63.9 Å². The van der Waals surface area contributed by atoms with Gasteiger partial charge in [0.2, 0.25) is 0 Å². The van der Waals surface area contributed by atoms with Crippen LogP contribution >= 0.6 is 0 Å². The average Bonchev–Trinajstić information content (AvgIpc) is 3.32. The molecule has 3 heterocycles. The molecule has 0 atom stereocenters. The van der Waals surface area contributed by atoms with E-state index in [4.69, 9.17) is 9.97 Å². The van der Waals surface area contributed by atoms with Gasteiger partial charge >= 0.3 is 0 Å². The second-order valence-electron chi connectivity index (χ2n) is 6.58. The third-order valence-electron chi connectivity index (χ3n) is 4.77. The van der Waals surface area contributed by atoms with Crippen molar-refractivity contribution in [2.24, 2.45) is 0 Å². The van der Waals surface area contributed by atoms with Crippen LogP contribution in [-0.2, 0) is 0 Å². The van der Waals surface area contributed by atoms with Crippen LogP contribution in [0.5, 0.6) is 0 Å². The molecule has 132 valence electrons. The number of carbonyl (C=O) groups is 1. The van der Waals surface area contributed by atoms with Gasteiger partial charge in [-0.25, -0.2) is 14.6 Å². The van der Waals surface area contributed by atoms with Crippen molar-refractivity contribution in [3.05, 3.63) is 53.9 Å². The maximum atomic E-state index is 11.8. The van der Waals surface area contributed by atoms with Gasteiger partial charge in [0, 0.05) is 24.7 Å². The van der Waals surface area contributed by atoms with Crippen LogP contribution < -0.4 is 4.90 Å². The van der Waals surface area contributed by atoms with Crippen LogP contribution in [0.4, 0.5) is 5.82 Å². The number of aromatic nitrogens is 4. The number of carbonyl (C=O) groups excluding carboxylic acids is 1. The van der Waals surface area contributed by atoms with E-state index in [9.17, 15) is 4.79 Å². The zero-order valence-electron chi connectivity index (χ0n) is 15.0. The number of hydrogen-bond donors (Lipinski definition) is 0. The summed E-state index contributed by atoms with van der Waals surface area (Å²) in [6.45, 7) is 5.45. The molecule has 0 aliphatic carbocycles. The van der Waals surface area contributed by atoms with Crippen molar-refractivity contribution in [3.8, 4) is 17.2 Å². The molecule has 0 spiro atoms. The average molecular weight is 347 g/mol. The summed E-state index contributed by atoms with van der Waals surface area (Å²) in [4.78, 5) is 23.6. The largest absolute Gasteiger partial charge is 0.356 e. The molecule has 1 aromatic carbocycles. The normalized spacial score (nSPS) is 14.0. The van der Waals surface area contributed by atoms with Gasteiger partial charge in [0.15, 0.2) is 17.4 Å². The minimum atomic E-state index is 0.00542. The van der Waals surface area contributed by atoms with Crippen molar-refractivity contribution < 1.29 is 4.79 Å². The van der Waals surface area contributed by atoms with E-state index in [1.54, 1.807) is 17.8 Å². The van der Waals surface area contributed by atoms with Crippen LogP contribution in [0.2, 0.25) is 0 Å². The van der Waals surface area contributed by atoms with Gasteiger partial charge in [-0.05, 0) is 26.7 Å². The monoisotopic (exact) mass is 347 g/mol. The molecular weight excluding hydrogens is 326 g/mol. The highest BCUT2D eigenvalue weighted by atomic mass is 16.1. The summed E-state index contributed by atoms with van der Waals surface area (Å²) >= 11 is 0. The van der Waals surface area contributed by atoms with Crippen molar-refractivity contribution >= 4 is 11.6 Å². The first-order chi connectivity index (χ1) is 12.6. The smallest absolute Gasteiger partial charge is 0.163 e. The number of nitrogens with zero attached hydrogens (tertiary/aromatic N) is 5. The molecule has 1 fully saturated rings. The number of ketones is 1. The molecule has 0 bridgehead atoms. The maximum absolute atomic E-state index is 11.8. The Kier molecular flexibility index (Phi) is 4.24. The SMILES string of the molecule is CC(=O)c1cnn(-c2cc(N3CCCC3)nc(-c3ccccc3)n2)c1C. The molecule has 0 N–H and O–H groups in total. The lowest BCUT2D eigenvalue weighted by Gasteiger charge is -2.18. The molecule has 1 saturated heterocycles. The quantitative estimate of drug-likeness (QED) is 0.677. The molecule has 6 heteroatoms. The van der Waals surface area contributed by atoms with Crippen LogP contribution in [0.25, 0.3) is 17.2 Å². The third-order valence-corrected chi connectivity index (χ3v) is 4.77. The molecule has 4 rings (SSSR count). The summed E-state index contributed by atoms with van der Waals surface area (Å²) in [6, 6.07) is 11.9. The van der Waals surface area contributed by atoms with Gasteiger partial charge in [0.25, 0.3) is 0 Å². The summed E-state index contributed by atoms with van der Waals surface area (Å²) in [5.41, 5.74) is 2.38. The predicted octanol–water partition coefficient (Wildman–Crippen LogP) is 3.44. The highest BCUT2D eigenvalue weighted by Gasteiger charge is 2.19. The Labute approximate surface area is 152 Å². The lowest BCUT2D eigenvalue weighted by atomic mass is 10.2. The zero-order valence-corrected chi connectivity index (χ0v) is 15.0. The van der Waals surface area contributed by atoms with E-state index < -0.39 is 0 Å². The van der Waals surface area contributed by atoms with Gasteiger partial charge < -0.3 is 4.90 Å². The fourth-order valence-electron chi connectivity index (χ4n) is 3.34. The maximum Gasteiger partial charge on any atom is 0.163 e. The highest BCUT2D eigenvalue weighted by Crippen LogP contribution is 2.25. The van der Waals surface area contributed by atoms with Crippen molar-refractivity contribution in [2.75, 3.05) is 18.0 Å². The molecule has 0 saturated carbocycles. The van der Waals surface area contributed by atoms with Gasteiger partial charge in [-0.1, -0.05) is 30.3 Å². The second-order valence-corrected chi connectivity index (χ2v) is 6.58. The number of benzene rings is 1. The minimum Gasteiger partial charge on any atom is -0.356 e. The summed E-state index contributed by atoms with van der Waals surface area (Å²) in [5, 5.41) is 4.40. The third kappa shape index (κ3) is 2.98. The van der Waals surface area contributed by atoms with Crippen LogP contribution in [-0.4, -0.2) is 38.6 Å². The van der Waals surface area contributed by atoms with Crippen LogP contribution in [0.3, 0.4) is 0 Å². The Morgan fingerprint density at radius 1 is 1.04 bits per heavy atom. The fourth-order valence-corrected chi connectivity index (χ4v) is 3.34. The Balaban J connectivity index is 1.86. The zero-order chi connectivity index (χ0) is 18.1. The van der Waals surface area contributed by atoms with E-state index in [0.717, 1.165) is 30.2 Å². The van der Waals surface area contributed by atoms with E-state index in [2.05, 4.69) is 10.00 Å². The standard InChI is InChI=1S/C20H21N5O/c1-14-17(15(2)26)13-21-25(14)19-12-18(24-10-6-7-11-24)22-20(23-19)16-8-4-3-5-9-16/h3-5,8-9,12-13H,6-7,10-11H2,1-2H3. The number of Topliss-reactive ketones (excluding diaryl/α,β-unsaturated/α-hetero) is 1. The Morgan fingerprint density at radius 3 is 2.38 bits per heavy atom. The second kappa shape index (κ2) is 6.71. The molecule has 1 aliphatic heterocycles. The van der Waals surface area contributed by atoms with Gasteiger partial charge in [0.05, 0.1) is 17.5 Å². The van der Waals surface area contributed by atoms with E-state index in [0.29, 0.717) is 17.2 Å². The van der Waals surface area contributed by atoms with E-state index in [-0.39, 0.29) is 5.78 Å². The van der Waals surface area contributed by atoms with Gasteiger partial charge in [-0.2, -0.15) is 5.10 Å². The molecule has 0 unspecified atom stereocenters. The predicted molar refractivity (Wildman–Crippen MR) is 101 cm³/mol. The molecule has 0 amide bonds. The van der Waals surface area contributed by atoms with Gasteiger partial charge in [-0.15, -0.1) is 0 Å². The molecule has 0 radical (unpaired) electrons.